The first-order chi connectivity index (χ1) is 13.8. The van der Waals surface area contributed by atoms with Crippen molar-refractivity contribution in [1.29, 1.82) is 0 Å². The minimum atomic E-state index is -0.260. The van der Waals surface area contributed by atoms with E-state index in [4.69, 9.17) is 4.74 Å². The van der Waals surface area contributed by atoms with Crippen molar-refractivity contribution in [3.63, 3.8) is 0 Å². The Morgan fingerprint density at radius 2 is 1.86 bits per heavy atom. The summed E-state index contributed by atoms with van der Waals surface area (Å²) >= 11 is 0. The number of nitrogens with one attached hydrogen (secondary N) is 2. The number of anilines is 3. The molecule has 7 heteroatoms. The lowest BCUT2D eigenvalue weighted by Crippen LogP contribution is -2.29. The number of ether oxygens (including phenoxy) is 1. The van der Waals surface area contributed by atoms with Gasteiger partial charge in [-0.3, -0.25) is 4.79 Å². The lowest BCUT2D eigenvalue weighted by atomic mass is 10.1. The first kappa shape index (κ1) is 18.7. The summed E-state index contributed by atoms with van der Waals surface area (Å²) in [5.74, 6) is 0.391. The molecule has 2 fully saturated rings. The lowest BCUT2D eigenvalue weighted by Gasteiger charge is -2.28. The number of benzene rings is 1. The van der Waals surface area contributed by atoms with Crippen LogP contribution in [0.3, 0.4) is 0 Å². The Morgan fingerprint density at radius 1 is 1.04 bits per heavy atom. The SMILES string of the molecule is O=C(Nc1ccc(N2CCCCC2)cc1)c1ccc(NCC2CCCO2)nn1. The third-order valence-electron chi connectivity index (χ3n) is 5.28. The van der Waals surface area contributed by atoms with E-state index < -0.39 is 0 Å². The maximum atomic E-state index is 12.4. The van der Waals surface area contributed by atoms with E-state index >= 15 is 0 Å². The third-order valence-corrected chi connectivity index (χ3v) is 5.28. The molecule has 1 aromatic carbocycles. The van der Waals surface area contributed by atoms with Gasteiger partial charge in [-0.2, -0.15) is 0 Å². The molecule has 2 aromatic rings. The first-order valence-electron chi connectivity index (χ1n) is 10.1. The van der Waals surface area contributed by atoms with E-state index in [0.717, 1.165) is 38.2 Å². The molecule has 0 bridgehead atoms. The minimum Gasteiger partial charge on any atom is -0.376 e. The van der Waals surface area contributed by atoms with E-state index in [1.54, 1.807) is 12.1 Å². The third kappa shape index (κ3) is 4.78. The number of piperidine rings is 1. The van der Waals surface area contributed by atoms with Crippen molar-refractivity contribution < 1.29 is 9.53 Å². The second-order valence-electron chi connectivity index (χ2n) is 7.37. The Bertz CT molecular complexity index is 766. The number of amides is 1. The van der Waals surface area contributed by atoms with Crippen LogP contribution in [0.25, 0.3) is 0 Å². The number of carbonyl (C=O) groups excluding carboxylic acids is 1. The molecule has 1 amide bonds. The summed E-state index contributed by atoms with van der Waals surface area (Å²) in [6, 6.07) is 11.5. The zero-order valence-electron chi connectivity index (χ0n) is 16.1. The van der Waals surface area contributed by atoms with Gasteiger partial charge in [-0.1, -0.05) is 0 Å². The quantitative estimate of drug-likeness (QED) is 0.799. The highest BCUT2D eigenvalue weighted by Crippen LogP contribution is 2.22. The maximum Gasteiger partial charge on any atom is 0.276 e. The standard InChI is InChI=1S/C21H27N5O2/c27-21(19-10-11-20(25-24-19)22-15-18-5-4-14-28-18)23-16-6-8-17(9-7-16)26-12-2-1-3-13-26/h6-11,18H,1-5,12-15H2,(H,22,25)(H,23,27). The zero-order valence-corrected chi connectivity index (χ0v) is 16.1. The summed E-state index contributed by atoms with van der Waals surface area (Å²) in [4.78, 5) is 14.8. The number of nitrogens with zero attached hydrogens (tertiary/aromatic N) is 3. The number of hydrogen-bond acceptors (Lipinski definition) is 6. The maximum absolute atomic E-state index is 12.4. The fourth-order valence-corrected chi connectivity index (χ4v) is 3.67. The highest BCUT2D eigenvalue weighted by atomic mass is 16.5. The monoisotopic (exact) mass is 381 g/mol. The smallest absolute Gasteiger partial charge is 0.276 e. The second kappa shape index (κ2) is 9.01. The van der Waals surface area contributed by atoms with E-state index in [0.29, 0.717) is 18.1 Å². The normalized spacial score (nSPS) is 19.4. The molecule has 7 nitrogen and oxygen atoms in total. The van der Waals surface area contributed by atoms with Crippen LogP contribution in [-0.2, 0) is 4.74 Å². The van der Waals surface area contributed by atoms with Crippen molar-refractivity contribution in [3.8, 4) is 0 Å². The Hall–Kier alpha value is -2.67. The fraction of sp³-hybridized carbons (Fsp3) is 0.476. The van der Waals surface area contributed by atoms with Crippen molar-refractivity contribution in [3.05, 3.63) is 42.1 Å². The molecule has 0 aliphatic carbocycles. The molecule has 2 saturated heterocycles. The highest BCUT2D eigenvalue weighted by Gasteiger charge is 2.16. The molecule has 4 rings (SSSR count). The molecule has 1 atom stereocenters. The Kier molecular flexibility index (Phi) is 6.01. The van der Waals surface area contributed by atoms with Gasteiger partial charge in [0.05, 0.1) is 6.10 Å². The predicted molar refractivity (Wildman–Crippen MR) is 110 cm³/mol. The molecule has 0 spiro atoms. The molecular formula is C21H27N5O2. The molecule has 0 saturated carbocycles. The predicted octanol–water partition coefficient (Wildman–Crippen LogP) is 3.31. The van der Waals surface area contributed by atoms with Gasteiger partial charge in [0.15, 0.2) is 5.69 Å². The molecule has 2 aliphatic heterocycles. The summed E-state index contributed by atoms with van der Waals surface area (Å²) in [5.41, 5.74) is 2.26. The largest absolute Gasteiger partial charge is 0.376 e. The minimum absolute atomic E-state index is 0.234. The lowest BCUT2D eigenvalue weighted by molar-refractivity contribution is 0.102. The molecule has 0 radical (unpaired) electrons. The Morgan fingerprint density at radius 3 is 2.54 bits per heavy atom. The van der Waals surface area contributed by atoms with Crippen LogP contribution in [-0.4, -0.2) is 48.4 Å². The van der Waals surface area contributed by atoms with Crippen LogP contribution in [0, 0.1) is 0 Å². The van der Waals surface area contributed by atoms with Crippen LogP contribution >= 0.6 is 0 Å². The molecule has 1 unspecified atom stereocenters. The van der Waals surface area contributed by atoms with Gasteiger partial charge in [0.25, 0.3) is 5.91 Å². The summed E-state index contributed by atoms with van der Waals surface area (Å²) in [7, 11) is 0. The Balaban J connectivity index is 1.30. The van der Waals surface area contributed by atoms with Gasteiger partial charge in [-0.25, -0.2) is 0 Å². The number of hydrogen-bond donors (Lipinski definition) is 2. The average molecular weight is 381 g/mol. The molecule has 3 heterocycles. The van der Waals surface area contributed by atoms with Gasteiger partial charge in [-0.15, -0.1) is 10.2 Å². The summed E-state index contributed by atoms with van der Waals surface area (Å²) in [6.45, 7) is 3.75. The van der Waals surface area contributed by atoms with Gasteiger partial charge in [0.2, 0.25) is 0 Å². The van der Waals surface area contributed by atoms with E-state index in [2.05, 4.69) is 37.9 Å². The molecule has 148 valence electrons. The van der Waals surface area contributed by atoms with Crippen LogP contribution < -0.4 is 15.5 Å². The van der Waals surface area contributed by atoms with Gasteiger partial charge in [-0.05, 0) is 68.5 Å². The summed E-state index contributed by atoms with van der Waals surface area (Å²) in [6.07, 6.45) is 6.21. The fourth-order valence-electron chi connectivity index (χ4n) is 3.67. The van der Waals surface area contributed by atoms with Crippen molar-refractivity contribution in [2.75, 3.05) is 41.8 Å². The van der Waals surface area contributed by atoms with E-state index in [1.807, 2.05) is 12.1 Å². The molecule has 28 heavy (non-hydrogen) atoms. The molecular weight excluding hydrogens is 354 g/mol. The van der Waals surface area contributed by atoms with E-state index in [-0.39, 0.29) is 12.0 Å². The van der Waals surface area contributed by atoms with Crippen molar-refractivity contribution >= 4 is 23.1 Å². The van der Waals surface area contributed by atoms with Crippen LogP contribution in [0.15, 0.2) is 36.4 Å². The number of rotatable bonds is 6. The summed E-state index contributed by atoms with van der Waals surface area (Å²) in [5, 5.41) is 14.2. The Labute approximate surface area is 165 Å². The van der Waals surface area contributed by atoms with Gasteiger partial charge < -0.3 is 20.3 Å². The second-order valence-corrected chi connectivity index (χ2v) is 7.37. The van der Waals surface area contributed by atoms with Gasteiger partial charge in [0.1, 0.15) is 5.82 Å². The zero-order chi connectivity index (χ0) is 19.2. The van der Waals surface area contributed by atoms with E-state index in [9.17, 15) is 4.79 Å². The molecule has 2 N–H and O–H groups in total. The molecule has 1 aromatic heterocycles. The van der Waals surface area contributed by atoms with Crippen molar-refractivity contribution in [2.45, 2.75) is 38.2 Å². The topological polar surface area (TPSA) is 79.4 Å². The van der Waals surface area contributed by atoms with Crippen LogP contribution in [0.5, 0.6) is 0 Å². The van der Waals surface area contributed by atoms with Crippen LogP contribution in [0.1, 0.15) is 42.6 Å². The summed E-state index contributed by atoms with van der Waals surface area (Å²) < 4.78 is 5.57. The molecule has 2 aliphatic rings. The van der Waals surface area contributed by atoms with Gasteiger partial charge in [0, 0.05) is 37.6 Å². The first-order valence-corrected chi connectivity index (χ1v) is 10.1. The average Bonchev–Trinajstić information content (AvgIpc) is 3.27. The number of aromatic nitrogens is 2. The van der Waals surface area contributed by atoms with Gasteiger partial charge >= 0.3 is 0 Å². The van der Waals surface area contributed by atoms with E-state index in [1.165, 1.54) is 24.9 Å². The number of carbonyl (C=O) groups is 1. The van der Waals surface area contributed by atoms with Crippen molar-refractivity contribution in [2.24, 2.45) is 0 Å². The van der Waals surface area contributed by atoms with Crippen molar-refractivity contribution in [1.82, 2.24) is 10.2 Å². The van der Waals surface area contributed by atoms with Crippen LogP contribution in [0.2, 0.25) is 0 Å². The highest BCUT2D eigenvalue weighted by molar-refractivity contribution is 6.02. The van der Waals surface area contributed by atoms with Crippen LogP contribution in [0.4, 0.5) is 17.2 Å².